The molecular formula is C10H8FeO4. The zero-order chi connectivity index (χ0) is 10.6. The van der Waals surface area contributed by atoms with Crippen LogP contribution >= 0.6 is 0 Å². The number of ketones is 1. The molecule has 5 heteroatoms. The van der Waals surface area contributed by atoms with Gasteiger partial charge in [-0.2, -0.15) is 0 Å². The molecule has 0 atom stereocenters. The van der Waals surface area contributed by atoms with E-state index in [-0.39, 0.29) is 22.6 Å². The minimum Gasteiger partial charge on any atom is -0.384 e. The summed E-state index contributed by atoms with van der Waals surface area (Å²) >= 11 is 0. The summed E-state index contributed by atoms with van der Waals surface area (Å²) in [6, 6.07) is 7.98. The Morgan fingerprint density at radius 3 is 2.07 bits per heavy atom. The second-order valence-corrected chi connectivity index (χ2v) is 2.60. The summed E-state index contributed by atoms with van der Waals surface area (Å²) in [5.41, 5.74) is 0.238. The van der Waals surface area contributed by atoms with Gasteiger partial charge in [0.05, 0.1) is 5.56 Å². The smallest absolute Gasteiger partial charge is 0.382 e. The first-order valence-electron chi connectivity index (χ1n) is 3.93. The summed E-state index contributed by atoms with van der Waals surface area (Å²) in [5, 5.41) is 0. The van der Waals surface area contributed by atoms with Crippen LogP contribution in [0.15, 0.2) is 30.3 Å². The normalized spacial score (nSPS) is 8.60. The Labute approximate surface area is 97.1 Å². The Kier molecular flexibility index (Phi) is 5.52. The molecule has 0 bridgehead atoms. The predicted octanol–water partition coefficient (Wildman–Crippen LogP) is 0.957. The number of ether oxygens (including phenoxy) is 1. The number of hydrogen-bond donors (Lipinski definition) is 0. The van der Waals surface area contributed by atoms with Crippen molar-refractivity contribution < 1.29 is 36.2 Å². The summed E-state index contributed by atoms with van der Waals surface area (Å²) < 4.78 is 4.27. The van der Waals surface area contributed by atoms with E-state index in [1.807, 2.05) is 0 Å². The van der Waals surface area contributed by atoms with Crippen LogP contribution < -0.4 is 0 Å². The minimum absolute atomic E-state index is 0. The number of hydrogen-bond acceptors (Lipinski definition) is 4. The van der Waals surface area contributed by atoms with E-state index in [1.165, 1.54) is 12.1 Å². The standard InChI is InChI=1S/C10H8O4.Fe/c1-7(11)9(12)14-10(13)8-5-3-2-4-6-8;/h2-6H,1H3;. The van der Waals surface area contributed by atoms with Gasteiger partial charge >= 0.3 is 11.9 Å². The van der Waals surface area contributed by atoms with Gasteiger partial charge in [-0.05, 0) is 12.1 Å². The van der Waals surface area contributed by atoms with Crippen LogP contribution in [0.2, 0.25) is 0 Å². The number of carbonyl (C=O) groups is 3. The van der Waals surface area contributed by atoms with E-state index in [0.29, 0.717) is 0 Å². The van der Waals surface area contributed by atoms with E-state index in [4.69, 9.17) is 0 Å². The number of benzene rings is 1. The average Bonchev–Trinajstić information content (AvgIpc) is 2.19. The molecule has 0 unspecified atom stereocenters. The van der Waals surface area contributed by atoms with Crippen LogP contribution in [0.5, 0.6) is 0 Å². The third kappa shape index (κ3) is 4.06. The molecule has 0 N–H and O–H groups in total. The summed E-state index contributed by atoms with van der Waals surface area (Å²) in [5.74, 6) is -2.75. The second kappa shape index (κ2) is 6.11. The zero-order valence-corrected chi connectivity index (χ0v) is 8.98. The van der Waals surface area contributed by atoms with Crippen molar-refractivity contribution in [2.45, 2.75) is 6.92 Å². The van der Waals surface area contributed by atoms with Crippen molar-refractivity contribution in [3.8, 4) is 0 Å². The monoisotopic (exact) mass is 248 g/mol. The first-order chi connectivity index (χ1) is 6.61. The summed E-state index contributed by atoms with van der Waals surface area (Å²) in [4.78, 5) is 32.4. The molecule has 15 heavy (non-hydrogen) atoms. The fraction of sp³-hybridized carbons (Fsp3) is 0.100. The Balaban J connectivity index is 0.00000196. The molecule has 0 spiro atoms. The van der Waals surface area contributed by atoms with Crippen molar-refractivity contribution >= 4 is 17.7 Å². The van der Waals surface area contributed by atoms with E-state index in [0.717, 1.165) is 6.92 Å². The minimum atomic E-state index is -1.14. The molecule has 0 saturated heterocycles. The molecule has 0 aliphatic carbocycles. The molecule has 1 aromatic carbocycles. The number of rotatable bonds is 2. The van der Waals surface area contributed by atoms with Gasteiger partial charge in [0.2, 0.25) is 5.78 Å². The molecular weight excluding hydrogens is 240 g/mol. The Morgan fingerprint density at radius 2 is 1.60 bits per heavy atom. The number of carbonyl (C=O) groups excluding carboxylic acids is 3. The number of Topliss-reactive ketones (excluding diaryl/α,β-unsaturated/α-hetero) is 1. The fourth-order valence-electron chi connectivity index (χ4n) is 0.789. The summed E-state index contributed by atoms with van der Waals surface area (Å²) in [6.07, 6.45) is 0. The third-order valence-corrected chi connectivity index (χ3v) is 1.48. The zero-order valence-electron chi connectivity index (χ0n) is 7.87. The summed E-state index contributed by atoms with van der Waals surface area (Å²) in [7, 11) is 0. The van der Waals surface area contributed by atoms with Crippen molar-refractivity contribution in [2.75, 3.05) is 0 Å². The van der Waals surface area contributed by atoms with Crippen molar-refractivity contribution in [1.29, 1.82) is 0 Å². The molecule has 0 aliphatic rings. The van der Waals surface area contributed by atoms with Gasteiger partial charge in [-0.25, -0.2) is 9.59 Å². The van der Waals surface area contributed by atoms with E-state index in [9.17, 15) is 14.4 Å². The first-order valence-corrected chi connectivity index (χ1v) is 3.93. The van der Waals surface area contributed by atoms with Gasteiger partial charge in [-0.15, -0.1) is 0 Å². The molecule has 0 heterocycles. The molecule has 0 radical (unpaired) electrons. The fourth-order valence-corrected chi connectivity index (χ4v) is 0.789. The van der Waals surface area contributed by atoms with Crippen molar-refractivity contribution in [2.24, 2.45) is 0 Å². The molecule has 4 nitrogen and oxygen atoms in total. The molecule has 0 aliphatic heterocycles. The van der Waals surface area contributed by atoms with Crippen LogP contribution in [-0.2, 0) is 31.4 Å². The molecule has 1 rings (SSSR count). The van der Waals surface area contributed by atoms with Gasteiger partial charge in [-0.1, -0.05) is 18.2 Å². The van der Waals surface area contributed by atoms with Crippen LogP contribution in [0.25, 0.3) is 0 Å². The molecule has 80 valence electrons. The second-order valence-electron chi connectivity index (χ2n) is 2.60. The maximum Gasteiger partial charge on any atom is 0.382 e. The van der Waals surface area contributed by atoms with Gasteiger partial charge in [0.25, 0.3) is 0 Å². The van der Waals surface area contributed by atoms with Crippen molar-refractivity contribution in [3.63, 3.8) is 0 Å². The van der Waals surface area contributed by atoms with Crippen LogP contribution in [0.3, 0.4) is 0 Å². The molecule has 0 aromatic heterocycles. The molecule has 0 amide bonds. The van der Waals surface area contributed by atoms with Crippen LogP contribution in [0.4, 0.5) is 0 Å². The predicted molar refractivity (Wildman–Crippen MR) is 47.5 cm³/mol. The van der Waals surface area contributed by atoms with E-state index < -0.39 is 17.7 Å². The molecule has 1 aromatic rings. The van der Waals surface area contributed by atoms with E-state index in [1.54, 1.807) is 18.2 Å². The maximum atomic E-state index is 11.2. The molecule has 0 fully saturated rings. The van der Waals surface area contributed by atoms with E-state index >= 15 is 0 Å². The van der Waals surface area contributed by atoms with Gasteiger partial charge in [-0.3, -0.25) is 4.79 Å². The quantitative estimate of drug-likeness (QED) is 0.338. The maximum absolute atomic E-state index is 11.2. The van der Waals surface area contributed by atoms with Crippen molar-refractivity contribution in [1.82, 2.24) is 0 Å². The van der Waals surface area contributed by atoms with Crippen LogP contribution in [0.1, 0.15) is 17.3 Å². The number of esters is 2. The topological polar surface area (TPSA) is 60.4 Å². The third-order valence-electron chi connectivity index (χ3n) is 1.48. The van der Waals surface area contributed by atoms with Gasteiger partial charge in [0.15, 0.2) is 0 Å². The van der Waals surface area contributed by atoms with Gasteiger partial charge in [0, 0.05) is 24.0 Å². The Hall–Kier alpha value is -1.45. The largest absolute Gasteiger partial charge is 0.384 e. The van der Waals surface area contributed by atoms with Crippen LogP contribution in [-0.4, -0.2) is 17.7 Å². The van der Waals surface area contributed by atoms with Crippen LogP contribution in [0, 0.1) is 0 Å². The first kappa shape index (κ1) is 13.5. The Bertz CT molecular complexity index is 372. The molecule has 0 saturated carbocycles. The van der Waals surface area contributed by atoms with Crippen molar-refractivity contribution in [3.05, 3.63) is 35.9 Å². The van der Waals surface area contributed by atoms with Gasteiger partial charge in [0.1, 0.15) is 0 Å². The Morgan fingerprint density at radius 1 is 1.07 bits per heavy atom. The average molecular weight is 248 g/mol. The summed E-state index contributed by atoms with van der Waals surface area (Å²) in [6.45, 7) is 1.04. The van der Waals surface area contributed by atoms with E-state index in [2.05, 4.69) is 4.74 Å². The SMILES string of the molecule is CC(=O)C(=O)OC(=O)c1ccccc1.[Fe]. The van der Waals surface area contributed by atoms with Gasteiger partial charge < -0.3 is 4.74 Å².